The van der Waals surface area contributed by atoms with Crippen LogP contribution in [0, 0.1) is 14.9 Å². The van der Waals surface area contributed by atoms with Crippen molar-refractivity contribution in [3.05, 3.63) is 27.8 Å². The topological polar surface area (TPSA) is 21.3 Å². The van der Waals surface area contributed by atoms with Crippen molar-refractivity contribution in [1.29, 1.82) is 0 Å². The van der Waals surface area contributed by atoms with Gasteiger partial charge in [-0.25, -0.2) is 0 Å². The van der Waals surface area contributed by atoms with E-state index in [1.165, 1.54) is 9.26 Å². The zero-order valence-electron chi connectivity index (χ0n) is 12.2. The van der Waals surface area contributed by atoms with Crippen LogP contribution in [-0.2, 0) is 4.74 Å². The van der Waals surface area contributed by atoms with Crippen molar-refractivity contribution in [2.24, 2.45) is 11.3 Å². The van der Waals surface area contributed by atoms with Crippen LogP contribution in [0.2, 0.25) is 0 Å². The van der Waals surface area contributed by atoms with Gasteiger partial charge in [-0.3, -0.25) is 0 Å². The molecule has 1 saturated carbocycles. The van der Waals surface area contributed by atoms with Gasteiger partial charge in [0.25, 0.3) is 0 Å². The summed E-state index contributed by atoms with van der Waals surface area (Å²) in [5.74, 6) is 0.610. The number of hydrogen-bond acceptors (Lipinski definition) is 2. The Bertz CT molecular complexity index is 413. The minimum absolute atomic E-state index is 0.206. The molecule has 2 rings (SSSR count). The molecule has 1 aromatic rings. The summed E-state index contributed by atoms with van der Waals surface area (Å²) in [6.07, 6.45) is 1.49. The third-order valence-corrected chi connectivity index (χ3v) is 4.71. The van der Waals surface area contributed by atoms with Gasteiger partial charge in [0.05, 0.1) is 6.10 Å². The van der Waals surface area contributed by atoms with Crippen molar-refractivity contribution in [3.63, 3.8) is 0 Å². The number of hydrogen-bond donors (Lipinski definition) is 1. The summed E-state index contributed by atoms with van der Waals surface area (Å²) in [4.78, 5) is 0. The van der Waals surface area contributed by atoms with Crippen LogP contribution in [-0.4, -0.2) is 18.8 Å². The van der Waals surface area contributed by atoms with Gasteiger partial charge in [0.2, 0.25) is 0 Å². The molecule has 0 saturated heterocycles. The average molecular weight is 373 g/mol. The number of ether oxygens (including phenoxy) is 1. The molecule has 0 heterocycles. The van der Waals surface area contributed by atoms with E-state index in [-0.39, 0.29) is 5.41 Å². The Kier molecular flexibility index (Phi) is 4.77. The fourth-order valence-corrected chi connectivity index (χ4v) is 2.83. The first kappa shape index (κ1) is 15.1. The lowest BCUT2D eigenvalue weighted by Gasteiger charge is -2.52. The normalized spacial score (nSPS) is 25.2. The van der Waals surface area contributed by atoms with Crippen molar-refractivity contribution >= 4 is 28.3 Å². The maximum atomic E-state index is 6.00. The molecule has 3 heteroatoms. The molecule has 0 aromatic heterocycles. The van der Waals surface area contributed by atoms with E-state index in [2.05, 4.69) is 79.9 Å². The van der Waals surface area contributed by atoms with Gasteiger partial charge in [-0.15, -0.1) is 0 Å². The lowest BCUT2D eigenvalue weighted by atomic mass is 9.64. The molecule has 0 spiro atoms. The van der Waals surface area contributed by atoms with E-state index < -0.39 is 0 Å². The Morgan fingerprint density at radius 1 is 1.32 bits per heavy atom. The Morgan fingerprint density at radius 2 is 1.95 bits per heavy atom. The molecule has 19 heavy (non-hydrogen) atoms. The zero-order valence-corrected chi connectivity index (χ0v) is 14.4. The van der Waals surface area contributed by atoms with Gasteiger partial charge in [-0.1, -0.05) is 27.7 Å². The van der Waals surface area contributed by atoms with Gasteiger partial charge in [0.1, 0.15) is 0 Å². The SMILES string of the molecule is CC(C)COC1CC(Nc2ccc(I)cc2)C1(C)C. The summed E-state index contributed by atoms with van der Waals surface area (Å²) < 4.78 is 7.27. The fraction of sp³-hybridized carbons (Fsp3) is 0.625. The predicted molar refractivity (Wildman–Crippen MR) is 89.5 cm³/mol. The number of rotatable bonds is 5. The molecule has 1 aromatic carbocycles. The molecular weight excluding hydrogens is 349 g/mol. The van der Waals surface area contributed by atoms with E-state index in [1.54, 1.807) is 0 Å². The predicted octanol–water partition coefficient (Wildman–Crippen LogP) is 4.54. The van der Waals surface area contributed by atoms with Crippen LogP contribution in [0.15, 0.2) is 24.3 Å². The number of benzene rings is 1. The summed E-state index contributed by atoms with van der Waals surface area (Å²) >= 11 is 2.33. The molecule has 1 N–H and O–H groups in total. The number of nitrogens with one attached hydrogen (secondary N) is 1. The highest BCUT2D eigenvalue weighted by molar-refractivity contribution is 14.1. The number of halogens is 1. The van der Waals surface area contributed by atoms with Crippen LogP contribution < -0.4 is 5.32 Å². The minimum atomic E-state index is 0.206. The van der Waals surface area contributed by atoms with Crippen LogP contribution >= 0.6 is 22.6 Å². The van der Waals surface area contributed by atoms with E-state index in [1.807, 2.05) is 0 Å². The van der Waals surface area contributed by atoms with E-state index >= 15 is 0 Å². The van der Waals surface area contributed by atoms with E-state index in [4.69, 9.17) is 4.74 Å². The monoisotopic (exact) mass is 373 g/mol. The van der Waals surface area contributed by atoms with Gasteiger partial charge >= 0.3 is 0 Å². The first-order valence-corrected chi connectivity index (χ1v) is 8.11. The molecule has 0 aliphatic heterocycles. The van der Waals surface area contributed by atoms with E-state index in [9.17, 15) is 0 Å². The summed E-state index contributed by atoms with van der Waals surface area (Å²) in [6.45, 7) is 9.86. The molecule has 2 nitrogen and oxygen atoms in total. The first-order valence-electron chi connectivity index (χ1n) is 7.03. The van der Waals surface area contributed by atoms with Crippen LogP contribution in [0.1, 0.15) is 34.1 Å². The van der Waals surface area contributed by atoms with Gasteiger partial charge in [0.15, 0.2) is 0 Å². The van der Waals surface area contributed by atoms with Gasteiger partial charge in [0, 0.05) is 27.3 Å². The molecule has 1 aliphatic rings. The molecule has 0 radical (unpaired) electrons. The number of anilines is 1. The van der Waals surface area contributed by atoms with E-state index in [0.29, 0.717) is 18.1 Å². The molecular formula is C16H24INO. The standard InChI is InChI=1S/C16H24INO/c1-11(2)10-19-15-9-14(16(15,3)4)18-13-7-5-12(17)6-8-13/h5-8,11,14-15,18H,9-10H2,1-4H3. The Balaban J connectivity index is 1.88. The Labute approximate surface area is 130 Å². The maximum absolute atomic E-state index is 6.00. The summed E-state index contributed by atoms with van der Waals surface area (Å²) in [6, 6.07) is 9.09. The fourth-order valence-electron chi connectivity index (χ4n) is 2.47. The molecule has 0 amide bonds. The third kappa shape index (κ3) is 3.63. The Morgan fingerprint density at radius 3 is 2.47 bits per heavy atom. The van der Waals surface area contributed by atoms with Crippen LogP contribution in [0.4, 0.5) is 5.69 Å². The molecule has 106 valence electrons. The van der Waals surface area contributed by atoms with Gasteiger partial charge in [-0.05, 0) is 59.2 Å². The van der Waals surface area contributed by atoms with E-state index in [0.717, 1.165) is 13.0 Å². The minimum Gasteiger partial charge on any atom is -0.382 e. The highest BCUT2D eigenvalue weighted by Crippen LogP contribution is 2.44. The summed E-state index contributed by atoms with van der Waals surface area (Å²) in [7, 11) is 0. The van der Waals surface area contributed by atoms with Crippen LogP contribution in [0.25, 0.3) is 0 Å². The lowest BCUT2D eigenvalue weighted by molar-refractivity contribution is -0.108. The van der Waals surface area contributed by atoms with Gasteiger partial charge in [-0.2, -0.15) is 0 Å². The molecule has 1 fully saturated rings. The maximum Gasteiger partial charge on any atom is 0.0665 e. The van der Waals surface area contributed by atoms with Gasteiger partial charge < -0.3 is 10.1 Å². The first-order chi connectivity index (χ1) is 8.89. The van der Waals surface area contributed by atoms with Crippen LogP contribution in [0.5, 0.6) is 0 Å². The summed E-state index contributed by atoms with van der Waals surface area (Å²) in [5.41, 5.74) is 1.42. The highest BCUT2D eigenvalue weighted by atomic mass is 127. The lowest BCUT2D eigenvalue weighted by Crippen LogP contribution is -2.58. The quantitative estimate of drug-likeness (QED) is 0.765. The third-order valence-electron chi connectivity index (χ3n) is 3.99. The molecule has 1 aliphatic carbocycles. The Hall–Kier alpha value is -0.290. The van der Waals surface area contributed by atoms with Crippen molar-refractivity contribution in [2.45, 2.75) is 46.3 Å². The largest absolute Gasteiger partial charge is 0.382 e. The van der Waals surface area contributed by atoms with Crippen molar-refractivity contribution in [2.75, 3.05) is 11.9 Å². The van der Waals surface area contributed by atoms with Crippen molar-refractivity contribution in [1.82, 2.24) is 0 Å². The van der Waals surface area contributed by atoms with Crippen molar-refractivity contribution in [3.8, 4) is 0 Å². The smallest absolute Gasteiger partial charge is 0.0665 e. The second-order valence-corrected chi connectivity index (χ2v) is 7.72. The average Bonchev–Trinajstić information content (AvgIpc) is 2.34. The zero-order chi connectivity index (χ0) is 14.0. The molecule has 0 bridgehead atoms. The molecule has 2 unspecified atom stereocenters. The molecule has 2 atom stereocenters. The van der Waals surface area contributed by atoms with Crippen LogP contribution in [0.3, 0.4) is 0 Å². The summed E-state index contributed by atoms with van der Waals surface area (Å²) in [5, 5.41) is 3.63. The van der Waals surface area contributed by atoms with Crippen molar-refractivity contribution < 1.29 is 4.74 Å². The second-order valence-electron chi connectivity index (χ2n) is 6.48. The second kappa shape index (κ2) is 6.00. The highest BCUT2D eigenvalue weighted by Gasteiger charge is 2.49.